The van der Waals surface area contributed by atoms with Gasteiger partial charge in [-0.1, -0.05) is 54.6 Å². The van der Waals surface area contributed by atoms with Crippen LogP contribution in [0.5, 0.6) is 11.5 Å². The van der Waals surface area contributed by atoms with Crippen molar-refractivity contribution in [3.8, 4) is 11.5 Å². The van der Waals surface area contributed by atoms with Crippen molar-refractivity contribution in [1.29, 1.82) is 0 Å². The van der Waals surface area contributed by atoms with Crippen LogP contribution in [-0.4, -0.2) is 29.1 Å². The molecular formula is C18H15LiO3P. The van der Waals surface area contributed by atoms with E-state index in [9.17, 15) is 14.8 Å². The third-order valence-corrected chi connectivity index (χ3v) is 6.70. The van der Waals surface area contributed by atoms with Crippen molar-refractivity contribution < 1.29 is 14.8 Å². The molecule has 3 rings (SSSR count). The topological polar surface area (TPSA) is 57.5 Å². The third-order valence-electron chi connectivity index (χ3n) is 3.56. The maximum atomic E-state index is 13.9. The van der Waals surface area contributed by atoms with Gasteiger partial charge in [-0.05, 0) is 24.3 Å². The average Bonchev–Trinajstić information content (AvgIpc) is 2.56. The van der Waals surface area contributed by atoms with E-state index < -0.39 is 7.14 Å². The van der Waals surface area contributed by atoms with Gasteiger partial charge in [-0.2, -0.15) is 0 Å². The minimum atomic E-state index is -3.35. The molecule has 0 saturated carbocycles. The van der Waals surface area contributed by atoms with Crippen molar-refractivity contribution in [2.24, 2.45) is 0 Å². The fourth-order valence-corrected chi connectivity index (χ4v) is 5.30. The van der Waals surface area contributed by atoms with E-state index in [1.807, 2.05) is 6.07 Å². The summed E-state index contributed by atoms with van der Waals surface area (Å²) in [5, 5.41) is 21.6. The van der Waals surface area contributed by atoms with Gasteiger partial charge in [-0.3, -0.25) is 0 Å². The van der Waals surface area contributed by atoms with Crippen LogP contribution >= 0.6 is 7.14 Å². The molecule has 0 aliphatic carbocycles. The van der Waals surface area contributed by atoms with E-state index in [1.54, 1.807) is 60.7 Å². The van der Waals surface area contributed by atoms with E-state index in [2.05, 4.69) is 0 Å². The van der Waals surface area contributed by atoms with Gasteiger partial charge in [0.25, 0.3) is 0 Å². The minimum absolute atomic E-state index is 0. The Bertz CT molecular complexity index is 800. The summed E-state index contributed by atoms with van der Waals surface area (Å²) in [7, 11) is -3.35. The van der Waals surface area contributed by atoms with Gasteiger partial charge in [-0.15, -0.1) is 0 Å². The quantitative estimate of drug-likeness (QED) is 0.576. The minimum Gasteiger partial charge on any atom is -0.507 e. The molecule has 111 valence electrons. The van der Waals surface area contributed by atoms with Crippen LogP contribution in [0.15, 0.2) is 78.9 Å². The molecule has 0 aromatic heterocycles. The number of para-hydroxylation sites is 2. The molecule has 23 heavy (non-hydrogen) atoms. The molecule has 2 N–H and O–H groups in total. The van der Waals surface area contributed by atoms with Crippen LogP contribution in [-0.2, 0) is 4.57 Å². The summed E-state index contributed by atoms with van der Waals surface area (Å²) in [4.78, 5) is 0. The summed E-state index contributed by atoms with van der Waals surface area (Å²) in [5.41, 5.74) is 0. The van der Waals surface area contributed by atoms with Crippen molar-refractivity contribution in [1.82, 2.24) is 0 Å². The van der Waals surface area contributed by atoms with Crippen LogP contribution < -0.4 is 15.9 Å². The zero-order valence-electron chi connectivity index (χ0n) is 12.8. The second-order valence-corrected chi connectivity index (χ2v) is 7.62. The molecule has 0 bridgehead atoms. The number of aromatic hydroxyl groups is 2. The number of phenols is 2. The zero-order chi connectivity index (χ0) is 15.6. The van der Waals surface area contributed by atoms with Crippen LogP contribution in [0.25, 0.3) is 0 Å². The summed E-state index contributed by atoms with van der Waals surface area (Å²) >= 11 is 0. The zero-order valence-corrected chi connectivity index (χ0v) is 13.6. The monoisotopic (exact) mass is 317 g/mol. The first-order valence-corrected chi connectivity index (χ1v) is 8.57. The van der Waals surface area contributed by atoms with E-state index in [0.29, 0.717) is 15.9 Å². The summed E-state index contributed by atoms with van der Waals surface area (Å²) in [5.74, 6) is -0.0871. The predicted molar refractivity (Wildman–Crippen MR) is 94.9 cm³/mol. The smallest absolute Gasteiger partial charge is 0.178 e. The van der Waals surface area contributed by atoms with Gasteiger partial charge in [0.05, 0.1) is 10.6 Å². The molecular weight excluding hydrogens is 302 g/mol. The first kappa shape index (κ1) is 17.4. The molecule has 0 aliphatic rings. The fraction of sp³-hybridized carbons (Fsp3) is 0. The maximum Gasteiger partial charge on any atom is 0.178 e. The Kier molecular flexibility index (Phi) is 5.39. The van der Waals surface area contributed by atoms with Crippen molar-refractivity contribution in [3.63, 3.8) is 0 Å². The van der Waals surface area contributed by atoms with Crippen LogP contribution in [0, 0.1) is 0 Å². The van der Waals surface area contributed by atoms with E-state index in [4.69, 9.17) is 0 Å². The van der Waals surface area contributed by atoms with Gasteiger partial charge >= 0.3 is 0 Å². The molecule has 0 amide bonds. The number of hydrogen-bond donors (Lipinski definition) is 2. The molecule has 0 atom stereocenters. The molecule has 3 aromatic rings. The summed E-state index contributed by atoms with van der Waals surface area (Å²) in [6, 6.07) is 22.0. The summed E-state index contributed by atoms with van der Waals surface area (Å²) < 4.78 is 13.9. The average molecular weight is 317 g/mol. The first-order chi connectivity index (χ1) is 10.6. The number of rotatable bonds is 3. The molecule has 0 unspecified atom stereocenters. The Morgan fingerprint density at radius 3 is 1.43 bits per heavy atom. The SMILES string of the molecule is O=P(c1ccccc1)(c1ccccc1O)c1ccccc1O.[Li]. The van der Waals surface area contributed by atoms with Crippen molar-refractivity contribution in [2.45, 2.75) is 0 Å². The fourth-order valence-electron chi connectivity index (χ4n) is 2.51. The Morgan fingerprint density at radius 1 is 0.609 bits per heavy atom. The number of hydrogen-bond acceptors (Lipinski definition) is 3. The normalized spacial score (nSPS) is 10.8. The van der Waals surface area contributed by atoms with Crippen LogP contribution in [0.2, 0.25) is 0 Å². The molecule has 3 nitrogen and oxygen atoms in total. The molecule has 1 radical (unpaired) electrons. The van der Waals surface area contributed by atoms with Gasteiger partial charge in [0.15, 0.2) is 7.14 Å². The van der Waals surface area contributed by atoms with Crippen LogP contribution in [0.4, 0.5) is 0 Å². The Hall–Kier alpha value is -1.91. The second-order valence-electron chi connectivity index (χ2n) is 4.92. The summed E-state index contributed by atoms with van der Waals surface area (Å²) in [6.45, 7) is 0. The van der Waals surface area contributed by atoms with E-state index in [-0.39, 0.29) is 30.4 Å². The van der Waals surface area contributed by atoms with Crippen LogP contribution in [0.3, 0.4) is 0 Å². The first-order valence-electron chi connectivity index (χ1n) is 6.87. The third kappa shape index (κ3) is 3.09. The Balaban J connectivity index is 0.00000192. The molecule has 0 fully saturated rings. The molecule has 0 heterocycles. The number of phenolic OH excluding ortho intramolecular Hbond substituents is 2. The molecule has 3 aromatic carbocycles. The van der Waals surface area contributed by atoms with Crippen molar-refractivity contribution in [3.05, 3.63) is 78.9 Å². The van der Waals surface area contributed by atoms with E-state index >= 15 is 0 Å². The second kappa shape index (κ2) is 7.11. The van der Waals surface area contributed by atoms with Crippen molar-refractivity contribution in [2.75, 3.05) is 0 Å². The Labute approximate surface area is 147 Å². The molecule has 0 saturated heterocycles. The van der Waals surface area contributed by atoms with Gasteiger partial charge < -0.3 is 14.8 Å². The van der Waals surface area contributed by atoms with Gasteiger partial charge in [-0.25, -0.2) is 0 Å². The van der Waals surface area contributed by atoms with E-state index in [1.165, 1.54) is 12.1 Å². The standard InChI is InChI=1S/C18H15O3P.Li/c19-15-10-4-6-12-17(15)22(21,14-8-2-1-3-9-14)18-13-7-5-11-16(18)20;/h1-13,19-20H;. The molecule has 0 aliphatic heterocycles. The van der Waals surface area contributed by atoms with E-state index in [0.717, 1.165) is 0 Å². The van der Waals surface area contributed by atoms with Crippen molar-refractivity contribution >= 4 is 41.9 Å². The predicted octanol–water partition coefficient (Wildman–Crippen LogP) is 2.36. The molecule has 5 heteroatoms. The Morgan fingerprint density at radius 2 is 1.00 bits per heavy atom. The maximum absolute atomic E-state index is 13.9. The van der Waals surface area contributed by atoms with Gasteiger partial charge in [0.1, 0.15) is 11.5 Å². The summed E-state index contributed by atoms with van der Waals surface area (Å²) in [6.07, 6.45) is 0. The van der Waals surface area contributed by atoms with Crippen LogP contribution in [0.1, 0.15) is 0 Å². The van der Waals surface area contributed by atoms with Gasteiger partial charge in [0.2, 0.25) is 0 Å². The van der Waals surface area contributed by atoms with Gasteiger partial charge in [0, 0.05) is 24.2 Å². The molecule has 0 spiro atoms. The number of benzene rings is 3. The largest absolute Gasteiger partial charge is 0.507 e.